The normalized spacial score (nSPS) is 11.8. The van der Waals surface area contributed by atoms with Crippen LogP contribution < -0.4 is 10.6 Å². The van der Waals surface area contributed by atoms with E-state index in [4.69, 9.17) is 11.6 Å². The third-order valence-corrected chi connectivity index (χ3v) is 3.87. The van der Waals surface area contributed by atoms with Crippen LogP contribution in [0.25, 0.3) is 0 Å². The number of carbonyl (C=O) groups is 2. The Morgan fingerprint density at radius 2 is 1.74 bits per heavy atom. The van der Waals surface area contributed by atoms with E-state index in [0.717, 1.165) is 5.56 Å². The van der Waals surface area contributed by atoms with Crippen LogP contribution in [0.15, 0.2) is 48.5 Å². The second-order valence-corrected chi connectivity index (χ2v) is 5.68. The molecule has 0 aliphatic rings. The Bertz CT molecular complexity index is 716. The molecule has 4 nitrogen and oxygen atoms in total. The van der Waals surface area contributed by atoms with Crippen molar-refractivity contribution in [3.05, 3.63) is 64.7 Å². The number of benzene rings is 2. The van der Waals surface area contributed by atoms with E-state index in [0.29, 0.717) is 16.3 Å². The summed E-state index contributed by atoms with van der Waals surface area (Å²) in [4.78, 5) is 23.6. The molecule has 0 fully saturated rings. The van der Waals surface area contributed by atoms with Gasteiger partial charge in [0, 0.05) is 16.6 Å². The lowest BCUT2D eigenvalue weighted by Crippen LogP contribution is -2.30. The van der Waals surface area contributed by atoms with E-state index in [9.17, 15) is 9.59 Å². The van der Waals surface area contributed by atoms with Crippen molar-refractivity contribution in [2.24, 2.45) is 0 Å². The van der Waals surface area contributed by atoms with Gasteiger partial charge in [0.15, 0.2) is 5.78 Å². The summed E-state index contributed by atoms with van der Waals surface area (Å²) < 4.78 is 0. The number of halogens is 1. The average Bonchev–Trinajstić information content (AvgIpc) is 2.53. The lowest BCUT2D eigenvalue weighted by Gasteiger charge is -2.16. The van der Waals surface area contributed by atoms with E-state index >= 15 is 0 Å². The fourth-order valence-corrected chi connectivity index (χ4v) is 2.57. The zero-order valence-electron chi connectivity index (χ0n) is 13.1. The van der Waals surface area contributed by atoms with E-state index in [1.54, 1.807) is 24.3 Å². The Hall–Kier alpha value is -2.17. The topological polar surface area (TPSA) is 58.2 Å². The monoisotopic (exact) mass is 330 g/mol. The summed E-state index contributed by atoms with van der Waals surface area (Å²) in [5.74, 6) is -0.295. The van der Waals surface area contributed by atoms with Gasteiger partial charge in [-0.1, -0.05) is 41.9 Å². The number of hydrogen-bond donors (Lipinski definition) is 2. The lowest BCUT2D eigenvalue weighted by atomic mass is 10.1. The minimum atomic E-state index is -0.211. The molecule has 0 saturated carbocycles. The maximum absolute atomic E-state index is 12.1. The zero-order valence-corrected chi connectivity index (χ0v) is 13.9. The van der Waals surface area contributed by atoms with Crippen molar-refractivity contribution in [1.82, 2.24) is 5.32 Å². The van der Waals surface area contributed by atoms with E-state index in [1.165, 1.54) is 6.92 Å². The van der Waals surface area contributed by atoms with Crippen LogP contribution in [0.5, 0.6) is 0 Å². The summed E-state index contributed by atoms with van der Waals surface area (Å²) in [6.07, 6.45) is 0. The Morgan fingerprint density at radius 1 is 1.09 bits per heavy atom. The number of rotatable bonds is 6. The molecule has 0 heterocycles. The summed E-state index contributed by atoms with van der Waals surface area (Å²) in [5.41, 5.74) is 1.96. The molecule has 0 bridgehead atoms. The molecule has 2 N–H and O–H groups in total. The predicted molar refractivity (Wildman–Crippen MR) is 92.9 cm³/mol. The van der Waals surface area contributed by atoms with Gasteiger partial charge in [-0.3, -0.25) is 9.59 Å². The molecule has 0 aromatic heterocycles. The Kier molecular flexibility index (Phi) is 5.90. The molecule has 5 heteroatoms. The molecule has 1 unspecified atom stereocenters. The summed E-state index contributed by atoms with van der Waals surface area (Å²) in [6.45, 7) is 3.54. The van der Waals surface area contributed by atoms with Crippen molar-refractivity contribution in [2.75, 3.05) is 11.9 Å². The Labute approximate surface area is 140 Å². The van der Waals surface area contributed by atoms with Crippen LogP contribution in [0.1, 0.15) is 35.8 Å². The summed E-state index contributed by atoms with van der Waals surface area (Å²) in [5, 5.41) is 6.55. The van der Waals surface area contributed by atoms with Gasteiger partial charge in [0.1, 0.15) is 0 Å². The quantitative estimate of drug-likeness (QED) is 0.791. The van der Waals surface area contributed by atoms with Crippen LogP contribution in [-0.2, 0) is 4.79 Å². The third kappa shape index (κ3) is 4.65. The summed E-state index contributed by atoms with van der Waals surface area (Å²) in [7, 11) is 0. The maximum Gasteiger partial charge on any atom is 0.238 e. The van der Waals surface area contributed by atoms with Gasteiger partial charge in [-0.05, 0) is 37.6 Å². The minimum Gasteiger partial charge on any atom is -0.324 e. The fourth-order valence-electron chi connectivity index (χ4n) is 2.28. The molecule has 23 heavy (non-hydrogen) atoms. The van der Waals surface area contributed by atoms with Gasteiger partial charge < -0.3 is 10.6 Å². The molecule has 0 radical (unpaired) electrons. The highest BCUT2D eigenvalue weighted by Gasteiger charge is 2.12. The van der Waals surface area contributed by atoms with Crippen LogP contribution >= 0.6 is 11.6 Å². The number of ketones is 1. The number of Topliss-reactive ketones (excluding diaryl/α,β-unsaturated/α-hetero) is 1. The first-order chi connectivity index (χ1) is 11.0. The molecule has 2 aromatic rings. The van der Waals surface area contributed by atoms with Crippen molar-refractivity contribution in [1.29, 1.82) is 0 Å². The van der Waals surface area contributed by atoms with Crippen molar-refractivity contribution in [3.8, 4) is 0 Å². The molecular formula is C18H19ClN2O2. The second kappa shape index (κ2) is 7.90. The Balaban J connectivity index is 1.96. The van der Waals surface area contributed by atoms with Crippen LogP contribution in [0.3, 0.4) is 0 Å². The number of hydrogen-bond acceptors (Lipinski definition) is 3. The van der Waals surface area contributed by atoms with Gasteiger partial charge in [0.05, 0.1) is 12.2 Å². The largest absolute Gasteiger partial charge is 0.324 e. The molecule has 120 valence electrons. The van der Waals surface area contributed by atoms with E-state index in [2.05, 4.69) is 10.6 Å². The number of para-hydroxylation sites is 1. The van der Waals surface area contributed by atoms with Crippen LogP contribution in [-0.4, -0.2) is 18.2 Å². The third-order valence-electron chi connectivity index (χ3n) is 3.52. The van der Waals surface area contributed by atoms with Gasteiger partial charge in [0.2, 0.25) is 5.91 Å². The van der Waals surface area contributed by atoms with E-state index in [1.807, 2.05) is 31.2 Å². The van der Waals surface area contributed by atoms with E-state index in [-0.39, 0.29) is 24.3 Å². The second-order valence-electron chi connectivity index (χ2n) is 5.27. The van der Waals surface area contributed by atoms with Crippen LogP contribution in [0.4, 0.5) is 5.69 Å². The van der Waals surface area contributed by atoms with Gasteiger partial charge in [-0.15, -0.1) is 0 Å². The molecule has 1 atom stereocenters. The number of carbonyl (C=O) groups excluding carboxylic acids is 2. The zero-order chi connectivity index (χ0) is 16.8. The first kappa shape index (κ1) is 17.2. The minimum absolute atomic E-state index is 0.0579. The van der Waals surface area contributed by atoms with Gasteiger partial charge in [-0.25, -0.2) is 0 Å². The van der Waals surface area contributed by atoms with E-state index < -0.39 is 0 Å². The highest BCUT2D eigenvalue weighted by molar-refractivity contribution is 6.31. The van der Waals surface area contributed by atoms with Crippen molar-refractivity contribution < 1.29 is 9.59 Å². The lowest BCUT2D eigenvalue weighted by molar-refractivity contribution is -0.115. The van der Waals surface area contributed by atoms with Gasteiger partial charge in [-0.2, -0.15) is 0 Å². The molecule has 2 aromatic carbocycles. The molecule has 0 aliphatic heterocycles. The smallest absolute Gasteiger partial charge is 0.238 e. The molecule has 0 spiro atoms. The standard InChI is InChI=1S/C18H19ClN2O2/c1-12(14-7-3-5-9-16(14)19)20-11-18(23)21-17-10-6-4-8-15(17)13(2)22/h3-10,12,20H,11H2,1-2H3,(H,21,23). The van der Waals surface area contributed by atoms with Crippen molar-refractivity contribution in [3.63, 3.8) is 0 Å². The number of anilines is 1. The molecule has 0 aliphatic carbocycles. The van der Waals surface area contributed by atoms with Crippen molar-refractivity contribution >= 4 is 29.0 Å². The SMILES string of the molecule is CC(=O)c1ccccc1NC(=O)CNC(C)c1ccccc1Cl. The number of amides is 1. The summed E-state index contributed by atoms with van der Waals surface area (Å²) in [6, 6.07) is 14.4. The number of nitrogens with one attached hydrogen (secondary N) is 2. The molecular weight excluding hydrogens is 312 g/mol. The van der Waals surface area contributed by atoms with Gasteiger partial charge in [0.25, 0.3) is 0 Å². The average molecular weight is 331 g/mol. The first-order valence-electron chi connectivity index (χ1n) is 7.36. The van der Waals surface area contributed by atoms with Crippen LogP contribution in [0, 0.1) is 0 Å². The first-order valence-corrected chi connectivity index (χ1v) is 7.74. The Morgan fingerprint density at radius 3 is 2.43 bits per heavy atom. The molecule has 0 saturated heterocycles. The highest BCUT2D eigenvalue weighted by atomic mass is 35.5. The van der Waals surface area contributed by atoms with Gasteiger partial charge >= 0.3 is 0 Å². The van der Waals surface area contributed by atoms with Crippen molar-refractivity contribution in [2.45, 2.75) is 19.9 Å². The molecule has 1 amide bonds. The summed E-state index contributed by atoms with van der Waals surface area (Å²) >= 11 is 6.14. The van der Waals surface area contributed by atoms with Crippen LogP contribution in [0.2, 0.25) is 5.02 Å². The highest BCUT2D eigenvalue weighted by Crippen LogP contribution is 2.22. The molecule has 2 rings (SSSR count). The predicted octanol–water partition coefficient (Wildman–Crippen LogP) is 3.83. The fraction of sp³-hybridized carbons (Fsp3) is 0.222. The maximum atomic E-state index is 12.1.